The number of esters is 2. The zero-order valence-corrected chi connectivity index (χ0v) is 40.4. The smallest absolute Gasteiger partial charge is 0.462 e. The average molecular weight is 859 g/mol. The minimum absolute atomic E-state index is 0.0331. The number of phosphoric acid groups is 1. The van der Waals surface area contributed by atoms with Crippen molar-refractivity contribution in [1.29, 1.82) is 0 Å². The molecule has 0 amide bonds. The fraction of sp³-hybridized carbons (Fsp3) is 0.918. The van der Waals surface area contributed by atoms with Gasteiger partial charge in [0.1, 0.15) is 19.8 Å². The fourth-order valence-electron chi connectivity index (χ4n) is 7.14. The molecule has 0 radical (unpaired) electrons. The summed E-state index contributed by atoms with van der Waals surface area (Å²) in [6.07, 6.45) is 45.7. The van der Waals surface area contributed by atoms with Crippen LogP contribution >= 0.6 is 7.82 Å². The van der Waals surface area contributed by atoms with Crippen LogP contribution in [0.25, 0.3) is 0 Å². The van der Waals surface area contributed by atoms with Crippen molar-refractivity contribution in [2.45, 2.75) is 245 Å². The summed E-state index contributed by atoms with van der Waals surface area (Å²) in [6, 6.07) is 0. The maximum atomic E-state index is 12.6. The molecule has 0 spiro atoms. The van der Waals surface area contributed by atoms with Gasteiger partial charge >= 0.3 is 19.8 Å². The molecule has 0 aliphatic carbocycles. The quantitative estimate of drug-likeness (QED) is 0.0212. The number of quaternary nitrogens is 1. The summed E-state index contributed by atoms with van der Waals surface area (Å²) in [5.74, 6) is -0.799. The molecule has 0 fully saturated rings. The van der Waals surface area contributed by atoms with Crippen LogP contribution in [0.1, 0.15) is 239 Å². The predicted molar refractivity (Wildman–Crippen MR) is 248 cm³/mol. The van der Waals surface area contributed by atoms with E-state index in [0.717, 1.165) is 57.8 Å². The summed E-state index contributed by atoms with van der Waals surface area (Å²) < 4.78 is 34.3. The summed E-state index contributed by atoms with van der Waals surface area (Å²) in [6.45, 7) is 4.38. The summed E-state index contributed by atoms with van der Waals surface area (Å²) in [5, 5.41) is 0. The molecule has 0 bridgehead atoms. The standard InChI is InChI=1S/C49H96NO8P/c1-6-8-10-12-14-16-18-19-20-21-22-23-24-25-26-27-28-29-30-31-32-34-35-37-39-41-48(51)55-45-47(46-57-59(53,54)56-44-43-50(3,4)5)58-49(52)42-40-38-36-33-17-15-13-11-9-7-2/h11,13,47H,6-10,12,14-46H2,1-5H3/p+1/b13-11-. The highest BCUT2D eigenvalue weighted by molar-refractivity contribution is 7.47. The highest BCUT2D eigenvalue weighted by atomic mass is 31.2. The molecular formula is C49H97NO8P+. The van der Waals surface area contributed by atoms with Crippen molar-refractivity contribution in [2.75, 3.05) is 47.5 Å². The van der Waals surface area contributed by atoms with Crippen LogP contribution in [0.5, 0.6) is 0 Å². The van der Waals surface area contributed by atoms with Crippen molar-refractivity contribution in [3.05, 3.63) is 12.2 Å². The number of allylic oxidation sites excluding steroid dienone is 2. The first kappa shape index (κ1) is 57.8. The van der Waals surface area contributed by atoms with E-state index in [4.69, 9.17) is 18.5 Å². The topological polar surface area (TPSA) is 108 Å². The second-order valence-corrected chi connectivity index (χ2v) is 19.7. The molecule has 10 heteroatoms. The van der Waals surface area contributed by atoms with Gasteiger partial charge in [-0.25, -0.2) is 4.57 Å². The van der Waals surface area contributed by atoms with Gasteiger partial charge in [-0.3, -0.25) is 18.6 Å². The molecule has 350 valence electrons. The molecule has 0 aliphatic heterocycles. The van der Waals surface area contributed by atoms with Crippen LogP contribution < -0.4 is 0 Å². The number of ether oxygens (including phenoxy) is 2. The Morgan fingerprint density at radius 1 is 0.508 bits per heavy atom. The summed E-state index contributed by atoms with van der Waals surface area (Å²) in [5.41, 5.74) is 0. The number of phosphoric ester groups is 1. The van der Waals surface area contributed by atoms with Gasteiger partial charge in [-0.1, -0.05) is 206 Å². The van der Waals surface area contributed by atoms with E-state index in [1.807, 2.05) is 21.1 Å². The van der Waals surface area contributed by atoms with Gasteiger partial charge in [-0.05, 0) is 32.1 Å². The maximum absolute atomic E-state index is 12.6. The maximum Gasteiger partial charge on any atom is 0.472 e. The summed E-state index contributed by atoms with van der Waals surface area (Å²) in [7, 11) is 1.48. The van der Waals surface area contributed by atoms with Crippen LogP contribution in [-0.4, -0.2) is 74.9 Å². The second kappa shape index (κ2) is 42.1. The van der Waals surface area contributed by atoms with Crippen LogP contribution in [0.4, 0.5) is 0 Å². The SMILES string of the molecule is CCC/C=C\CCCCCCCC(=O)OC(COC(=O)CCCCCCCCCCCCCCCCCCCCCCCCCCC)COP(=O)(O)OCC[N+](C)(C)C. The van der Waals surface area contributed by atoms with Gasteiger partial charge in [0.2, 0.25) is 0 Å². The Bertz CT molecular complexity index is 1020. The van der Waals surface area contributed by atoms with Crippen LogP contribution in [0, 0.1) is 0 Å². The Balaban J connectivity index is 4.05. The molecular weight excluding hydrogens is 762 g/mol. The number of carbonyl (C=O) groups excluding carboxylic acids is 2. The van der Waals surface area contributed by atoms with Crippen LogP contribution in [0.2, 0.25) is 0 Å². The van der Waals surface area contributed by atoms with Gasteiger partial charge in [0.15, 0.2) is 6.10 Å². The molecule has 0 saturated heterocycles. The van der Waals surface area contributed by atoms with Crippen molar-refractivity contribution in [3.8, 4) is 0 Å². The zero-order chi connectivity index (χ0) is 43.6. The molecule has 0 aromatic carbocycles. The van der Waals surface area contributed by atoms with Gasteiger partial charge < -0.3 is 18.9 Å². The van der Waals surface area contributed by atoms with Gasteiger partial charge in [-0.15, -0.1) is 0 Å². The lowest BCUT2D eigenvalue weighted by molar-refractivity contribution is -0.870. The molecule has 0 aromatic heterocycles. The predicted octanol–water partition coefficient (Wildman–Crippen LogP) is 14.5. The fourth-order valence-corrected chi connectivity index (χ4v) is 7.88. The first-order valence-electron chi connectivity index (χ1n) is 24.9. The van der Waals surface area contributed by atoms with Crippen molar-refractivity contribution < 1.29 is 42.1 Å². The highest BCUT2D eigenvalue weighted by Crippen LogP contribution is 2.43. The molecule has 0 heterocycles. The zero-order valence-electron chi connectivity index (χ0n) is 39.5. The lowest BCUT2D eigenvalue weighted by atomic mass is 10.0. The van der Waals surface area contributed by atoms with E-state index < -0.39 is 26.5 Å². The Hall–Kier alpha value is -1.25. The minimum atomic E-state index is -4.37. The molecule has 0 aromatic rings. The second-order valence-electron chi connectivity index (χ2n) is 18.2. The molecule has 0 saturated carbocycles. The minimum Gasteiger partial charge on any atom is -0.462 e. The molecule has 2 unspecified atom stereocenters. The van der Waals surface area contributed by atoms with Gasteiger partial charge in [-0.2, -0.15) is 0 Å². The van der Waals surface area contributed by atoms with E-state index in [9.17, 15) is 19.0 Å². The van der Waals surface area contributed by atoms with Crippen LogP contribution in [0.3, 0.4) is 0 Å². The lowest BCUT2D eigenvalue weighted by Gasteiger charge is -2.24. The first-order valence-corrected chi connectivity index (χ1v) is 26.4. The number of hydrogen-bond acceptors (Lipinski definition) is 7. The number of carbonyl (C=O) groups is 2. The number of unbranched alkanes of at least 4 members (excludes halogenated alkanes) is 30. The highest BCUT2D eigenvalue weighted by Gasteiger charge is 2.27. The monoisotopic (exact) mass is 859 g/mol. The Kier molecular flexibility index (Phi) is 41.2. The summed E-state index contributed by atoms with van der Waals surface area (Å²) >= 11 is 0. The number of nitrogens with zero attached hydrogens (tertiary/aromatic N) is 1. The van der Waals surface area contributed by atoms with E-state index in [1.54, 1.807) is 0 Å². The normalized spacial score (nSPS) is 13.5. The Morgan fingerprint density at radius 2 is 0.898 bits per heavy atom. The number of rotatable bonds is 46. The van der Waals surface area contributed by atoms with E-state index in [0.29, 0.717) is 23.9 Å². The van der Waals surface area contributed by atoms with Crippen LogP contribution in [-0.2, 0) is 32.7 Å². The van der Waals surface area contributed by atoms with E-state index in [2.05, 4.69) is 26.0 Å². The van der Waals surface area contributed by atoms with Crippen LogP contribution in [0.15, 0.2) is 12.2 Å². The van der Waals surface area contributed by atoms with E-state index in [1.165, 1.54) is 148 Å². The average Bonchev–Trinajstić information content (AvgIpc) is 3.19. The molecule has 1 N–H and O–H groups in total. The lowest BCUT2D eigenvalue weighted by Crippen LogP contribution is -2.37. The Labute approximate surface area is 365 Å². The van der Waals surface area contributed by atoms with Gasteiger partial charge in [0.05, 0.1) is 27.7 Å². The van der Waals surface area contributed by atoms with Crippen molar-refractivity contribution in [1.82, 2.24) is 0 Å². The van der Waals surface area contributed by atoms with Gasteiger partial charge in [0.25, 0.3) is 0 Å². The molecule has 0 aliphatic rings. The third-order valence-electron chi connectivity index (χ3n) is 11.0. The van der Waals surface area contributed by atoms with Gasteiger partial charge in [0, 0.05) is 12.8 Å². The van der Waals surface area contributed by atoms with Crippen molar-refractivity contribution in [3.63, 3.8) is 0 Å². The van der Waals surface area contributed by atoms with Crippen molar-refractivity contribution >= 4 is 19.8 Å². The molecule has 2 atom stereocenters. The van der Waals surface area contributed by atoms with E-state index >= 15 is 0 Å². The third-order valence-corrected chi connectivity index (χ3v) is 12.0. The largest absolute Gasteiger partial charge is 0.472 e. The number of hydrogen-bond donors (Lipinski definition) is 1. The number of likely N-dealkylation sites (N-methyl/N-ethyl adjacent to an activating group) is 1. The molecule has 0 rings (SSSR count). The molecule has 59 heavy (non-hydrogen) atoms. The third kappa shape index (κ3) is 46.1. The first-order chi connectivity index (χ1) is 28.5. The summed E-state index contributed by atoms with van der Waals surface area (Å²) in [4.78, 5) is 35.4. The molecule has 9 nitrogen and oxygen atoms in total. The van der Waals surface area contributed by atoms with E-state index in [-0.39, 0.29) is 25.6 Å². The van der Waals surface area contributed by atoms with Crippen molar-refractivity contribution in [2.24, 2.45) is 0 Å². The Morgan fingerprint density at radius 3 is 1.32 bits per heavy atom.